The minimum Gasteiger partial charge on any atom is -0.393 e. The van der Waals surface area contributed by atoms with E-state index in [0.29, 0.717) is 18.9 Å². The number of urea groups is 1. The zero-order valence-corrected chi connectivity index (χ0v) is 13.2. The van der Waals surface area contributed by atoms with Crippen LogP contribution in [0.5, 0.6) is 0 Å². The maximum Gasteiger partial charge on any atom is 0.315 e. The van der Waals surface area contributed by atoms with Gasteiger partial charge < -0.3 is 20.5 Å². The van der Waals surface area contributed by atoms with E-state index in [-0.39, 0.29) is 23.6 Å². The molecule has 0 aromatic rings. The molecule has 5 nitrogen and oxygen atoms in total. The van der Waals surface area contributed by atoms with Crippen molar-refractivity contribution < 1.29 is 14.6 Å². The Kier molecular flexibility index (Phi) is 6.76. The molecule has 2 atom stereocenters. The van der Waals surface area contributed by atoms with Gasteiger partial charge >= 0.3 is 6.03 Å². The fourth-order valence-electron chi connectivity index (χ4n) is 2.78. The Bertz CT molecular complexity index is 299. The lowest BCUT2D eigenvalue weighted by molar-refractivity contribution is 0.0570. The number of hydrogen-bond donors (Lipinski definition) is 3. The van der Waals surface area contributed by atoms with Gasteiger partial charge in [-0.05, 0) is 44.4 Å². The molecule has 20 heavy (non-hydrogen) atoms. The normalized spacial score (nSPS) is 20.2. The van der Waals surface area contributed by atoms with Crippen molar-refractivity contribution in [3.05, 3.63) is 0 Å². The molecule has 1 rings (SSSR count). The van der Waals surface area contributed by atoms with Gasteiger partial charge in [-0.25, -0.2) is 4.79 Å². The van der Waals surface area contributed by atoms with Crippen molar-refractivity contribution in [1.82, 2.24) is 10.6 Å². The van der Waals surface area contributed by atoms with E-state index < -0.39 is 0 Å². The quantitative estimate of drug-likeness (QED) is 0.698. The number of carbonyl (C=O) groups excluding carboxylic acids is 1. The Morgan fingerprint density at radius 3 is 2.50 bits per heavy atom. The molecule has 5 heteroatoms. The van der Waals surface area contributed by atoms with Gasteiger partial charge in [0.2, 0.25) is 0 Å². The average molecular weight is 286 g/mol. The van der Waals surface area contributed by atoms with E-state index in [4.69, 9.17) is 4.74 Å². The number of ether oxygens (including phenoxy) is 1. The molecule has 1 fully saturated rings. The first kappa shape index (κ1) is 17.2. The first-order valence-electron chi connectivity index (χ1n) is 7.60. The molecule has 1 aliphatic heterocycles. The number of nitrogens with one attached hydrogen (secondary N) is 2. The van der Waals surface area contributed by atoms with Crippen LogP contribution in [0.1, 0.15) is 47.0 Å². The molecular weight excluding hydrogens is 256 g/mol. The molecule has 0 radical (unpaired) electrons. The highest BCUT2D eigenvalue weighted by molar-refractivity contribution is 5.74. The van der Waals surface area contributed by atoms with E-state index in [1.54, 1.807) is 6.92 Å². The van der Waals surface area contributed by atoms with Crippen molar-refractivity contribution in [1.29, 1.82) is 0 Å². The van der Waals surface area contributed by atoms with Gasteiger partial charge in [0.05, 0.1) is 6.10 Å². The Hall–Kier alpha value is -0.810. The summed E-state index contributed by atoms with van der Waals surface area (Å²) in [5.74, 6) is 0.500. The second kappa shape index (κ2) is 7.84. The second-order valence-corrected chi connectivity index (χ2v) is 6.78. The summed E-state index contributed by atoms with van der Waals surface area (Å²) >= 11 is 0. The second-order valence-electron chi connectivity index (χ2n) is 6.78. The molecule has 2 amide bonds. The molecule has 0 aromatic carbocycles. The van der Waals surface area contributed by atoms with Gasteiger partial charge in [-0.3, -0.25) is 0 Å². The van der Waals surface area contributed by atoms with E-state index in [1.165, 1.54) is 0 Å². The van der Waals surface area contributed by atoms with Crippen LogP contribution in [-0.4, -0.2) is 43.0 Å². The summed E-state index contributed by atoms with van der Waals surface area (Å²) in [6, 6.07) is 0.0430. The minimum absolute atomic E-state index is 0.104. The fourth-order valence-corrected chi connectivity index (χ4v) is 2.78. The highest BCUT2D eigenvalue weighted by Gasteiger charge is 2.24. The van der Waals surface area contributed by atoms with Crippen LogP contribution in [0.25, 0.3) is 0 Å². The molecule has 1 saturated heterocycles. The summed E-state index contributed by atoms with van der Waals surface area (Å²) in [4.78, 5) is 11.9. The van der Waals surface area contributed by atoms with E-state index in [0.717, 1.165) is 26.1 Å². The predicted molar refractivity (Wildman–Crippen MR) is 79.6 cm³/mol. The maximum absolute atomic E-state index is 11.9. The average Bonchev–Trinajstić information content (AvgIpc) is 2.36. The molecule has 0 saturated carbocycles. The first-order chi connectivity index (χ1) is 9.30. The smallest absolute Gasteiger partial charge is 0.315 e. The largest absolute Gasteiger partial charge is 0.393 e. The number of aliphatic hydroxyl groups excluding tert-OH is 1. The van der Waals surface area contributed by atoms with Gasteiger partial charge in [-0.2, -0.15) is 0 Å². The summed E-state index contributed by atoms with van der Waals surface area (Å²) in [5, 5.41) is 15.3. The summed E-state index contributed by atoms with van der Waals surface area (Å²) in [7, 11) is 0. The predicted octanol–water partition coefficient (Wildman–Crippen LogP) is 1.90. The summed E-state index contributed by atoms with van der Waals surface area (Å²) in [5.41, 5.74) is -0.104. The van der Waals surface area contributed by atoms with Crippen molar-refractivity contribution in [2.24, 2.45) is 11.3 Å². The standard InChI is InChI=1S/C15H30N2O3/c1-11(18)9-15(3,4)10-16-14(19)17-12(2)13-5-7-20-8-6-13/h11-13,18H,5-10H2,1-4H3,(H2,16,17,19). The summed E-state index contributed by atoms with van der Waals surface area (Å²) in [6.07, 6.45) is 2.34. The van der Waals surface area contributed by atoms with Crippen molar-refractivity contribution in [2.45, 2.75) is 59.1 Å². The van der Waals surface area contributed by atoms with Crippen LogP contribution in [0.15, 0.2) is 0 Å². The number of aliphatic hydroxyl groups is 1. The SMILES string of the molecule is CC(O)CC(C)(C)CNC(=O)NC(C)C1CCOCC1. The third-order valence-electron chi connectivity index (χ3n) is 3.91. The van der Waals surface area contributed by atoms with E-state index >= 15 is 0 Å². The van der Waals surface area contributed by atoms with Crippen LogP contribution in [0.4, 0.5) is 4.79 Å². The zero-order valence-electron chi connectivity index (χ0n) is 13.2. The molecule has 0 aromatic heterocycles. The fraction of sp³-hybridized carbons (Fsp3) is 0.933. The molecule has 0 spiro atoms. The summed E-state index contributed by atoms with van der Waals surface area (Å²) in [6.45, 7) is 10.1. The van der Waals surface area contributed by atoms with Crippen LogP contribution in [-0.2, 0) is 4.74 Å². The first-order valence-corrected chi connectivity index (χ1v) is 7.60. The van der Waals surface area contributed by atoms with Gasteiger partial charge in [0.25, 0.3) is 0 Å². The van der Waals surface area contributed by atoms with Crippen molar-refractivity contribution in [2.75, 3.05) is 19.8 Å². The summed E-state index contributed by atoms with van der Waals surface area (Å²) < 4.78 is 5.33. The molecule has 1 aliphatic rings. The molecule has 118 valence electrons. The number of rotatable bonds is 6. The van der Waals surface area contributed by atoms with E-state index in [9.17, 15) is 9.90 Å². The van der Waals surface area contributed by atoms with Gasteiger partial charge in [0.15, 0.2) is 0 Å². The van der Waals surface area contributed by atoms with Gasteiger partial charge in [0.1, 0.15) is 0 Å². The lowest BCUT2D eigenvalue weighted by Crippen LogP contribution is -2.47. The highest BCUT2D eigenvalue weighted by Crippen LogP contribution is 2.21. The van der Waals surface area contributed by atoms with Crippen LogP contribution in [0.2, 0.25) is 0 Å². The molecular formula is C15H30N2O3. The molecule has 3 N–H and O–H groups in total. The van der Waals surface area contributed by atoms with Gasteiger partial charge in [-0.15, -0.1) is 0 Å². The van der Waals surface area contributed by atoms with Crippen molar-refractivity contribution in [3.63, 3.8) is 0 Å². The lowest BCUT2D eigenvalue weighted by Gasteiger charge is -2.30. The monoisotopic (exact) mass is 286 g/mol. The Morgan fingerprint density at radius 2 is 1.95 bits per heavy atom. The lowest BCUT2D eigenvalue weighted by atomic mass is 9.87. The van der Waals surface area contributed by atoms with Gasteiger partial charge in [-0.1, -0.05) is 13.8 Å². The Morgan fingerprint density at radius 1 is 1.35 bits per heavy atom. The molecule has 0 bridgehead atoms. The zero-order chi connectivity index (χ0) is 15.2. The minimum atomic E-state index is -0.351. The van der Waals surface area contributed by atoms with Crippen molar-refractivity contribution >= 4 is 6.03 Å². The van der Waals surface area contributed by atoms with E-state index in [1.807, 2.05) is 13.8 Å². The molecule has 0 aliphatic carbocycles. The van der Waals surface area contributed by atoms with Crippen LogP contribution >= 0.6 is 0 Å². The number of carbonyl (C=O) groups is 1. The number of hydrogen-bond acceptors (Lipinski definition) is 3. The number of amides is 2. The third-order valence-corrected chi connectivity index (χ3v) is 3.91. The van der Waals surface area contributed by atoms with Crippen molar-refractivity contribution in [3.8, 4) is 0 Å². The topological polar surface area (TPSA) is 70.6 Å². The van der Waals surface area contributed by atoms with Crippen LogP contribution in [0, 0.1) is 11.3 Å². The maximum atomic E-state index is 11.9. The Balaban J connectivity index is 2.28. The molecule has 1 heterocycles. The molecule has 2 unspecified atom stereocenters. The Labute approximate surface area is 122 Å². The highest BCUT2D eigenvalue weighted by atomic mass is 16.5. The van der Waals surface area contributed by atoms with E-state index in [2.05, 4.69) is 17.6 Å². The van der Waals surface area contributed by atoms with Gasteiger partial charge in [0, 0.05) is 25.8 Å². The third kappa shape index (κ3) is 6.57. The van der Waals surface area contributed by atoms with Crippen LogP contribution in [0.3, 0.4) is 0 Å². The van der Waals surface area contributed by atoms with Crippen LogP contribution < -0.4 is 10.6 Å².